The molecule has 0 atom stereocenters. The summed E-state index contributed by atoms with van der Waals surface area (Å²) in [6.07, 6.45) is 3.25. The fourth-order valence-electron chi connectivity index (χ4n) is 1.99. The highest BCUT2D eigenvalue weighted by molar-refractivity contribution is 5.86. The Balaban J connectivity index is 2.23. The van der Waals surface area contributed by atoms with Crippen LogP contribution < -0.4 is 5.73 Å². The molecule has 1 fully saturated rings. The van der Waals surface area contributed by atoms with Crippen LogP contribution in [0.15, 0.2) is 16.5 Å². The van der Waals surface area contributed by atoms with Gasteiger partial charge in [-0.25, -0.2) is 4.79 Å². The molecule has 15 heavy (non-hydrogen) atoms. The number of hydrogen-bond acceptors (Lipinski definition) is 4. The Morgan fingerprint density at radius 2 is 2.33 bits per heavy atom. The van der Waals surface area contributed by atoms with E-state index < -0.39 is 5.97 Å². The van der Waals surface area contributed by atoms with Crippen LogP contribution in [0.5, 0.6) is 0 Å². The van der Waals surface area contributed by atoms with Gasteiger partial charge in [0.25, 0.3) is 0 Å². The molecule has 1 saturated carbocycles. The standard InChI is InChI=1S/C11H15NO3/c1-14-10(13)8-3-4-9(15-8)11(7-12)5-2-6-11/h3-4H,2,5-7,12H2,1H3. The summed E-state index contributed by atoms with van der Waals surface area (Å²) in [6.45, 7) is 0.571. The first-order valence-corrected chi connectivity index (χ1v) is 5.10. The number of hydrogen-bond donors (Lipinski definition) is 1. The Kier molecular flexibility index (Phi) is 2.52. The Hall–Kier alpha value is -1.29. The second kappa shape index (κ2) is 3.70. The molecular formula is C11H15NO3. The molecule has 0 unspecified atom stereocenters. The number of furan rings is 1. The predicted octanol–water partition coefficient (Wildman–Crippen LogP) is 1.45. The van der Waals surface area contributed by atoms with Crippen molar-refractivity contribution in [2.24, 2.45) is 5.73 Å². The van der Waals surface area contributed by atoms with Gasteiger partial charge in [-0.3, -0.25) is 0 Å². The van der Waals surface area contributed by atoms with Crippen molar-refractivity contribution in [2.75, 3.05) is 13.7 Å². The molecule has 0 saturated heterocycles. The summed E-state index contributed by atoms with van der Waals surface area (Å²) in [5.74, 6) is 0.636. The number of carbonyl (C=O) groups is 1. The van der Waals surface area contributed by atoms with Gasteiger partial charge in [0, 0.05) is 12.0 Å². The lowest BCUT2D eigenvalue weighted by Gasteiger charge is -2.38. The third-order valence-corrected chi connectivity index (χ3v) is 3.22. The van der Waals surface area contributed by atoms with E-state index in [0.717, 1.165) is 18.6 Å². The Bertz CT molecular complexity index is 360. The molecule has 0 aliphatic heterocycles. The molecule has 0 amide bonds. The maximum Gasteiger partial charge on any atom is 0.373 e. The average Bonchev–Trinajstić information content (AvgIpc) is 2.65. The molecule has 1 aliphatic rings. The summed E-state index contributed by atoms with van der Waals surface area (Å²) in [6, 6.07) is 3.48. The molecule has 0 spiro atoms. The smallest absolute Gasteiger partial charge is 0.373 e. The second-order valence-corrected chi connectivity index (χ2v) is 3.99. The van der Waals surface area contributed by atoms with Crippen LogP contribution >= 0.6 is 0 Å². The topological polar surface area (TPSA) is 65.5 Å². The van der Waals surface area contributed by atoms with E-state index in [9.17, 15) is 4.79 Å². The maximum atomic E-state index is 11.2. The summed E-state index contributed by atoms with van der Waals surface area (Å²) >= 11 is 0. The van der Waals surface area contributed by atoms with E-state index in [2.05, 4.69) is 4.74 Å². The van der Waals surface area contributed by atoms with Gasteiger partial charge in [-0.15, -0.1) is 0 Å². The van der Waals surface area contributed by atoms with Crippen LogP contribution in [0.25, 0.3) is 0 Å². The molecule has 1 aromatic heterocycles. The van der Waals surface area contributed by atoms with E-state index in [1.807, 2.05) is 6.07 Å². The Morgan fingerprint density at radius 1 is 1.60 bits per heavy atom. The molecule has 2 N–H and O–H groups in total. The largest absolute Gasteiger partial charge is 0.463 e. The van der Waals surface area contributed by atoms with E-state index in [0.29, 0.717) is 6.54 Å². The summed E-state index contributed by atoms with van der Waals surface area (Å²) in [5, 5.41) is 0. The molecule has 2 rings (SSSR count). The fourth-order valence-corrected chi connectivity index (χ4v) is 1.99. The van der Waals surface area contributed by atoms with E-state index in [4.69, 9.17) is 10.2 Å². The van der Waals surface area contributed by atoms with Crippen molar-refractivity contribution in [3.8, 4) is 0 Å². The van der Waals surface area contributed by atoms with Gasteiger partial charge in [-0.1, -0.05) is 6.42 Å². The minimum Gasteiger partial charge on any atom is -0.463 e. The number of rotatable bonds is 3. The first-order valence-electron chi connectivity index (χ1n) is 5.10. The van der Waals surface area contributed by atoms with Crippen molar-refractivity contribution in [3.63, 3.8) is 0 Å². The van der Waals surface area contributed by atoms with E-state index in [-0.39, 0.29) is 11.2 Å². The predicted molar refractivity (Wildman–Crippen MR) is 54.6 cm³/mol. The van der Waals surface area contributed by atoms with E-state index in [1.165, 1.54) is 13.5 Å². The third-order valence-electron chi connectivity index (χ3n) is 3.22. The van der Waals surface area contributed by atoms with Crippen LogP contribution in [-0.2, 0) is 10.2 Å². The number of ether oxygens (including phenoxy) is 1. The van der Waals surface area contributed by atoms with Gasteiger partial charge in [0.1, 0.15) is 5.76 Å². The van der Waals surface area contributed by atoms with Crippen molar-refractivity contribution in [1.29, 1.82) is 0 Å². The SMILES string of the molecule is COC(=O)c1ccc(C2(CN)CCC2)o1. The van der Waals surface area contributed by atoms with E-state index in [1.54, 1.807) is 6.07 Å². The van der Waals surface area contributed by atoms with Gasteiger partial charge >= 0.3 is 5.97 Å². The molecule has 0 aromatic carbocycles. The third kappa shape index (κ3) is 1.55. The zero-order valence-electron chi connectivity index (χ0n) is 8.79. The van der Waals surface area contributed by atoms with Gasteiger partial charge in [-0.05, 0) is 25.0 Å². The summed E-state index contributed by atoms with van der Waals surface area (Å²) in [5.41, 5.74) is 5.71. The lowest BCUT2D eigenvalue weighted by Crippen LogP contribution is -2.41. The molecule has 82 valence electrons. The summed E-state index contributed by atoms with van der Waals surface area (Å²) in [7, 11) is 1.34. The van der Waals surface area contributed by atoms with Crippen LogP contribution in [0.2, 0.25) is 0 Å². The zero-order valence-corrected chi connectivity index (χ0v) is 8.79. The lowest BCUT2D eigenvalue weighted by atomic mass is 9.67. The van der Waals surface area contributed by atoms with Crippen molar-refractivity contribution in [3.05, 3.63) is 23.7 Å². The van der Waals surface area contributed by atoms with Crippen molar-refractivity contribution < 1.29 is 13.9 Å². The van der Waals surface area contributed by atoms with Gasteiger partial charge in [-0.2, -0.15) is 0 Å². The fraction of sp³-hybridized carbons (Fsp3) is 0.545. The van der Waals surface area contributed by atoms with Crippen LogP contribution in [0.1, 0.15) is 35.6 Å². The Labute approximate surface area is 88.4 Å². The highest BCUT2D eigenvalue weighted by Crippen LogP contribution is 2.43. The maximum absolute atomic E-state index is 11.2. The van der Waals surface area contributed by atoms with Crippen molar-refractivity contribution in [1.82, 2.24) is 0 Å². The van der Waals surface area contributed by atoms with Gasteiger partial charge < -0.3 is 14.9 Å². The highest BCUT2D eigenvalue weighted by Gasteiger charge is 2.40. The monoisotopic (exact) mass is 209 g/mol. The quantitative estimate of drug-likeness (QED) is 0.765. The summed E-state index contributed by atoms with van der Waals surface area (Å²) < 4.78 is 10.1. The minimum atomic E-state index is -0.437. The van der Waals surface area contributed by atoms with E-state index >= 15 is 0 Å². The lowest BCUT2D eigenvalue weighted by molar-refractivity contribution is 0.0557. The molecule has 4 heteroatoms. The van der Waals surface area contributed by atoms with Gasteiger partial charge in [0.2, 0.25) is 5.76 Å². The number of methoxy groups -OCH3 is 1. The first-order chi connectivity index (χ1) is 7.22. The van der Waals surface area contributed by atoms with Gasteiger partial charge in [0.05, 0.1) is 7.11 Å². The first kappa shape index (κ1) is 10.2. The second-order valence-electron chi connectivity index (χ2n) is 3.99. The number of carbonyl (C=O) groups excluding carboxylic acids is 1. The number of esters is 1. The van der Waals surface area contributed by atoms with Crippen molar-refractivity contribution >= 4 is 5.97 Å². The Morgan fingerprint density at radius 3 is 2.80 bits per heavy atom. The molecule has 1 aliphatic carbocycles. The normalized spacial score (nSPS) is 18.3. The highest BCUT2D eigenvalue weighted by atomic mass is 16.5. The molecular weight excluding hydrogens is 194 g/mol. The van der Waals surface area contributed by atoms with Crippen molar-refractivity contribution in [2.45, 2.75) is 24.7 Å². The molecule has 1 aromatic rings. The minimum absolute atomic E-state index is 0.0354. The van der Waals surface area contributed by atoms with Crippen LogP contribution in [-0.4, -0.2) is 19.6 Å². The zero-order chi connectivity index (χ0) is 10.9. The molecule has 1 heterocycles. The molecule has 0 radical (unpaired) electrons. The number of nitrogens with two attached hydrogens (primary N) is 1. The molecule has 0 bridgehead atoms. The molecule has 4 nitrogen and oxygen atoms in total. The van der Waals surface area contributed by atoms with Crippen LogP contribution in [0, 0.1) is 0 Å². The van der Waals surface area contributed by atoms with Crippen LogP contribution in [0.3, 0.4) is 0 Å². The van der Waals surface area contributed by atoms with Crippen LogP contribution in [0.4, 0.5) is 0 Å². The van der Waals surface area contributed by atoms with Gasteiger partial charge in [0.15, 0.2) is 0 Å². The average molecular weight is 209 g/mol. The summed E-state index contributed by atoms with van der Waals surface area (Å²) in [4.78, 5) is 11.2.